The zero-order valence-electron chi connectivity index (χ0n) is 14.7. The number of rotatable bonds is 4. The van der Waals surface area contributed by atoms with Crippen molar-refractivity contribution in [3.05, 3.63) is 39.8 Å². The molecule has 0 bridgehead atoms. The number of allylic oxidation sites excluding steroid dienone is 2. The van der Waals surface area contributed by atoms with Crippen LogP contribution in [0.1, 0.15) is 19.3 Å². The number of hydrogen-bond donors (Lipinski definition) is 3. The molecule has 0 fully saturated rings. The van der Waals surface area contributed by atoms with Gasteiger partial charge in [-0.05, 0) is 37.5 Å². The average molecular weight is 452 g/mol. The first kappa shape index (κ1) is 26.5. The van der Waals surface area contributed by atoms with E-state index in [1.54, 1.807) is 12.1 Å². The van der Waals surface area contributed by atoms with Crippen LogP contribution in [-0.2, 0) is 19.1 Å². The lowest BCUT2D eigenvalue weighted by atomic mass is 10.2. The maximum absolute atomic E-state index is 11.6. The molecular formula is C17H24BrClN2O5. The van der Waals surface area contributed by atoms with Gasteiger partial charge in [-0.15, -0.1) is 0 Å². The van der Waals surface area contributed by atoms with Crippen LogP contribution >= 0.6 is 27.5 Å². The number of hydrogen-bond acceptors (Lipinski definition) is 5. The van der Waals surface area contributed by atoms with E-state index >= 15 is 0 Å². The highest BCUT2D eigenvalue weighted by atomic mass is 79.9. The summed E-state index contributed by atoms with van der Waals surface area (Å²) < 4.78 is 5.38. The minimum absolute atomic E-state index is 0.442. The molecule has 7 nitrogen and oxygen atoms in total. The van der Waals surface area contributed by atoms with Crippen LogP contribution in [0.4, 0.5) is 5.69 Å². The van der Waals surface area contributed by atoms with E-state index in [0.29, 0.717) is 15.2 Å². The summed E-state index contributed by atoms with van der Waals surface area (Å²) in [6.45, 7) is 2.00. The van der Waals surface area contributed by atoms with E-state index in [-0.39, 0.29) is 0 Å². The Morgan fingerprint density at radius 1 is 1.27 bits per heavy atom. The molecule has 0 heterocycles. The Morgan fingerprint density at radius 2 is 1.81 bits per heavy atom. The number of nitrogens with two attached hydrogens (primary N) is 1. The molecule has 1 aliphatic rings. The Bertz CT molecular complexity index is 558. The molecule has 1 aromatic carbocycles. The summed E-state index contributed by atoms with van der Waals surface area (Å²) in [6.07, 6.45) is 7.17. The summed E-state index contributed by atoms with van der Waals surface area (Å²) in [5, 5.41) is 9.92. The zero-order chi connectivity index (χ0) is 20.5. The molecule has 146 valence electrons. The van der Waals surface area contributed by atoms with Gasteiger partial charge in [-0.25, -0.2) is 0 Å². The first-order valence-corrected chi connectivity index (χ1v) is 8.58. The molecule has 1 aliphatic carbocycles. The number of anilines is 1. The van der Waals surface area contributed by atoms with Gasteiger partial charge < -0.3 is 25.7 Å². The van der Waals surface area contributed by atoms with E-state index in [4.69, 9.17) is 27.2 Å². The van der Waals surface area contributed by atoms with Crippen molar-refractivity contribution in [2.45, 2.75) is 25.4 Å². The van der Waals surface area contributed by atoms with Crippen LogP contribution < -0.4 is 11.1 Å². The smallest absolute Gasteiger partial charge is 0.263 e. The van der Waals surface area contributed by atoms with Crippen molar-refractivity contribution in [2.75, 3.05) is 19.5 Å². The number of benzene rings is 1. The number of amides is 2. The molecule has 1 unspecified atom stereocenters. The molecule has 2 rings (SSSR count). The molecule has 2 amide bonds. The number of carbonyl (C=O) groups is 3. The average Bonchev–Trinajstić information content (AvgIpc) is 3.17. The fourth-order valence-corrected chi connectivity index (χ4v) is 2.64. The molecule has 0 aromatic heterocycles. The fraction of sp³-hybridized carbons (Fsp3) is 0.353. The van der Waals surface area contributed by atoms with Gasteiger partial charge in [0.2, 0.25) is 6.10 Å². The number of primary amides is 1. The third-order valence-corrected chi connectivity index (χ3v) is 3.45. The highest BCUT2D eigenvalue weighted by Crippen LogP contribution is 2.23. The maximum Gasteiger partial charge on any atom is 0.263 e. The quantitative estimate of drug-likeness (QED) is 0.480. The summed E-state index contributed by atoms with van der Waals surface area (Å²) in [5.74, 6) is -1.50. The number of methoxy groups -OCH3 is 1. The molecule has 9 heteroatoms. The minimum atomic E-state index is -1.33. The van der Waals surface area contributed by atoms with Crippen LogP contribution in [0.15, 0.2) is 34.8 Å². The van der Waals surface area contributed by atoms with E-state index in [9.17, 15) is 9.59 Å². The van der Waals surface area contributed by atoms with E-state index in [1.165, 1.54) is 32.4 Å². The topological polar surface area (TPSA) is 119 Å². The fourth-order valence-electron chi connectivity index (χ4n) is 1.78. The minimum Gasteiger partial charge on any atom is -0.400 e. The number of nitrogens with one attached hydrogen (secondary N) is 1. The van der Waals surface area contributed by atoms with Gasteiger partial charge >= 0.3 is 0 Å². The third kappa shape index (κ3) is 11.8. The number of halogens is 2. The van der Waals surface area contributed by atoms with Crippen LogP contribution in [-0.4, -0.2) is 44.0 Å². The summed E-state index contributed by atoms with van der Waals surface area (Å²) >= 11 is 9.03. The summed E-state index contributed by atoms with van der Waals surface area (Å²) in [4.78, 5) is 30.5. The van der Waals surface area contributed by atoms with Gasteiger partial charge in [0.1, 0.15) is 6.79 Å². The van der Waals surface area contributed by atoms with Crippen molar-refractivity contribution in [2.24, 2.45) is 5.73 Å². The molecule has 4 N–H and O–H groups in total. The van der Waals surface area contributed by atoms with Gasteiger partial charge in [-0.1, -0.05) is 39.7 Å². The van der Waals surface area contributed by atoms with Gasteiger partial charge in [-0.2, -0.15) is 0 Å². The highest BCUT2D eigenvalue weighted by molar-refractivity contribution is 9.10. The van der Waals surface area contributed by atoms with Crippen molar-refractivity contribution >= 4 is 51.8 Å². The zero-order valence-corrected chi connectivity index (χ0v) is 17.0. The lowest BCUT2D eigenvalue weighted by Gasteiger charge is -2.12. The van der Waals surface area contributed by atoms with Crippen LogP contribution in [0.3, 0.4) is 0 Å². The number of ether oxygens (including phenoxy) is 1. The molecule has 0 saturated carbocycles. The normalized spacial score (nSPS) is 12.2. The number of aliphatic hydroxyl groups excluding tert-OH is 1. The van der Waals surface area contributed by atoms with Crippen molar-refractivity contribution in [1.82, 2.24) is 0 Å². The van der Waals surface area contributed by atoms with Gasteiger partial charge in [-0.3, -0.25) is 9.59 Å². The van der Waals surface area contributed by atoms with Crippen LogP contribution in [0.5, 0.6) is 0 Å². The number of carbonyl (C=O) groups excluding carboxylic acids is 3. The lowest BCUT2D eigenvalue weighted by Crippen LogP contribution is -2.40. The predicted octanol–water partition coefficient (Wildman–Crippen LogP) is 2.69. The second kappa shape index (κ2) is 16.7. The van der Waals surface area contributed by atoms with Crippen LogP contribution in [0, 0.1) is 0 Å². The highest BCUT2D eigenvalue weighted by Gasteiger charge is 2.23. The van der Waals surface area contributed by atoms with E-state index in [0.717, 1.165) is 7.11 Å². The molecule has 0 aliphatic heterocycles. The SMILES string of the molecule is C1=CCCC1.C=O.CO.COC(C(N)=O)C(=O)Nc1cc(Cl)cc(Br)c1. The Balaban J connectivity index is 0. The van der Waals surface area contributed by atoms with Gasteiger partial charge in [0.15, 0.2) is 0 Å². The third-order valence-electron chi connectivity index (χ3n) is 2.77. The Hall–Kier alpha value is -1.74. The molecule has 1 atom stereocenters. The number of aliphatic hydroxyl groups is 1. The van der Waals surface area contributed by atoms with E-state index in [2.05, 4.69) is 38.1 Å². The van der Waals surface area contributed by atoms with Crippen molar-refractivity contribution in [3.63, 3.8) is 0 Å². The molecule has 1 aromatic rings. The largest absolute Gasteiger partial charge is 0.400 e. The summed E-state index contributed by atoms with van der Waals surface area (Å²) in [6, 6.07) is 4.84. The first-order valence-electron chi connectivity index (χ1n) is 7.41. The standard InChI is InChI=1S/C10H10BrClN2O3.C5H8.CH4O.CH2O/c1-17-8(9(13)15)10(16)14-7-3-5(11)2-6(12)4-7;1-2-4-5-3-1;2*1-2/h2-4,8H,1H3,(H2,13,15)(H,14,16);1-2H,3-5H2;2H,1H3;1H2. The molecule has 0 saturated heterocycles. The van der Waals surface area contributed by atoms with E-state index < -0.39 is 17.9 Å². The van der Waals surface area contributed by atoms with Gasteiger partial charge in [0.05, 0.1) is 0 Å². The van der Waals surface area contributed by atoms with Crippen molar-refractivity contribution in [1.29, 1.82) is 0 Å². The van der Waals surface area contributed by atoms with Crippen LogP contribution in [0.2, 0.25) is 5.02 Å². The van der Waals surface area contributed by atoms with Crippen molar-refractivity contribution in [3.8, 4) is 0 Å². The Morgan fingerprint density at radius 3 is 2.15 bits per heavy atom. The second-order valence-electron chi connectivity index (χ2n) is 4.57. The molecule has 0 spiro atoms. The predicted molar refractivity (Wildman–Crippen MR) is 106 cm³/mol. The lowest BCUT2D eigenvalue weighted by molar-refractivity contribution is -0.138. The summed E-state index contributed by atoms with van der Waals surface area (Å²) in [5.41, 5.74) is 5.44. The Kier molecular flexibility index (Phi) is 17.0. The monoisotopic (exact) mass is 450 g/mol. The molecular weight excluding hydrogens is 428 g/mol. The first-order chi connectivity index (χ1) is 12.4. The van der Waals surface area contributed by atoms with E-state index in [1.807, 2.05) is 6.79 Å². The van der Waals surface area contributed by atoms with Gasteiger partial charge in [0.25, 0.3) is 11.8 Å². The second-order valence-corrected chi connectivity index (χ2v) is 5.92. The van der Waals surface area contributed by atoms with Gasteiger partial charge in [0, 0.05) is 29.4 Å². The van der Waals surface area contributed by atoms with Crippen LogP contribution in [0.25, 0.3) is 0 Å². The maximum atomic E-state index is 11.6. The molecule has 26 heavy (non-hydrogen) atoms. The van der Waals surface area contributed by atoms with Crippen molar-refractivity contribution < 1.29 is 24.2 Å². The molecule has 0 radical (unpaired) electrons. The Labute approximate surface area is 166 Å². The summed E-state index contributed by atoms with van der Waals surface area (Å²) in [7, 11) is 2.23.